The van der Waals surface area contributed by atoms with Gasteiger partial charge < -0.3 is 24.3 Å². The Bertz CT molecular complexity index is 570. The van der Waals surface area contributed by atoms with Crippen molar-refractivity contribution in [3.8, 4) is 0 Å². The van der Waals surface area contributed by atoms with Crippen LogP contribution in [0.2, 0.25) is 0 Å². The molecular weight excluding hydrogens is 394 g/mol. The first-order valence-corrected chi connectivity index (χ1v) is 11.1. The molecule has 0 amide bonds. The molecule has 0 aliphatic heterocycles. The minimum atomic E-state index is -0.382. The molecule has 1 unspecified atom stereocenters. The van der Waals surface area contributed by atoms with Crippen molar-refractivity contribution in [3.05, 3.63) is 48.9 Å². The highest BCUT2D eigenvalue weighted by atomic mass is 16.6. The fourth-order valence-electron chi connectivity index (χ4n) is 2.52. The zero-order chi connectivity index (χ0) is 23.5. The molecule has 0 rings (SSSR count). The van der Waals surface area contributed by atoms with E-state index in [0.29, 0.717) is 50.2 Å². The highest BCUT2D eigenvalue weighted by Gasteiger charge is 2.04. The average molecular weight is 438 g/mol. The van der Waals surface area contributed by atoms with Gasteiger partial charge in [-0.25, -0.2) is 4.79 Å². The number of rotatable bonds is 21. The molecule has 6 heteroatoms. The smallest absolute Gasteiger partial charge is 0.333 e. The van der Waals surface area contributed by atoms with Gasteiger partial charge in [-0.05, 0) is 44.6 Å². The van der Waals surface area contributed by atoms with Crippen LogP contribution in [0.1, 0.15) is 52.9 Å². The van der Waals surface area contributed by atoms with Crippen molar-refractivity contribution >= 4 is 5.97 Å². The fourth-order valence-corrected chi connectivity index (χ4v) is 2.52. The molecule has 0 spiro atoms. The van der Waals surface area contributed by atoms with Crippen LogP contribution in [0.5, 0.6) is 0 Å². The van der Waals surface area contributed by atoms with Gasteiger partial charge >= 0.3 is 5.97 Å². The van der Waals surface area contributed by atoms with E-state index in [4.69, 9.17) is 18.9 Å². The van der Waals surface area contributed by atoms with Gasteiger partial charge in [-0.2, -0.15) is 0 Å². The molecule has 0 aromatic rings. The number of carbonyl (C=O) groups is 1. The summed E-state index contributed by atoms with van der Waals surface area (Å²) in [6.07, 6.45) is 5.47. The van der Waals surface area contributed by atoms with Crippen molar-refractivity contribution in [2.45, 2.75) is 52.9 Å². The van der Waals surface area contributed by atoms with E-state index in [2.05, 4.69) is 38.6 Å². The van der Waals surface area contributed by atoms with Crippen LogP contribution in [-0.4, -0.2) is 52.2 Å². The van der Waals surface area contributed by atoms with Gasteiger partial charge in [0.05, 0.1) is 19.8 Å². The van der Waals surface area contributed by atoms with E-state index in [1.165, 1.54) is 6.42 Å². The molecule has 31 heavy (non-hydrogen) atoms. The van der Waals surface area contributed by atoms with Gasteiger partial charge in [-0.3, -0.25) is 0 Å². The molecule has 0 saturated carbocycles. The quantitative estimate of drug-likeness (QED) is 0.0902. The SMILES string of the molecule is C=C(CCC(C)CCCCOCCOC(=C)C(=C)C)NCCOCCOC(=O)C(=C)C. The molecule has 1 N–H and O–H groups in total. The van der Waals surface area contributed by atoms with Crippen LogP contribution in [0, 0.1) is 5.92 Å². The van der Waals surface area contributed by atoms with E-state index in [1.807, 2.05) is 6.92 Å². The lowest BCUT2D eigenvalue weighted by atomic mass is 9.98. The lowest BCUT2D eigenvalue weighted by molar-refractivity contribution is -0.140. The van der Waals surface area contributed by atoms with Crippen molar-refractivity contribution in [3.63, 3.8) is 0 Å². The summed E-state index contributed by atoms with van der Waals surface area (Å²) in [5, 5.41) is 3.28. The first-order valence-electron chi connectivity index (χ1n) is 11.1. The molecule has 0 aliphatic carbocycles. The number of carbonyl (C=O) groups excluding carboxylic acids is 1. The molecule has 0 aromatic heterocycles. The number of hydrogen-bond acceptors (Lipinski definition) is 6. The second-order valence-electron chi connectivity index (χ2n) is 7.86. The number of nitrogens with one attached hydrogen (secondary N) is 1. The Hall–Kier alpha value is -2.05. The zero-order valence-corrected chi connectivity index (χ0v) is 19.9. The molecule has 0 fully saturated rings. The Balaban J connectivity index is 3.47. The summed E-state index contributed by atoms with van der Waals surface area (Å²) >= 11 is 0. The highest BCUT2D eigenvalue weighted by Crippen LogP contribution is 2.16. The minimum absolute atomic E-state index is 0.244. The summed E-state index contributed by atoms with van der Waals surface area (Å²) in [4.78, 5) is 11.2. The summed E-state index contributed by atoms with van der Waals surface area (Å²) in [7, 11) is 0. The van der Waals surface area contributed by atoms with Crippen LogP contribution >= 0.6 is 0 Å². The zero-order valence-electron chi connectivity index (χ0n) is 19.9. The second-order valence-corrected chi connectivity index (χ2v) is 7.86. The molecule has 0 bridgehead atoms. The van der Waals surface area contributed by atoms with E-state index in [9.17, 15) is 4.79 Å². The fraction of sp³-hybridized carbons (Fsp3) is 0.640. The first-order chi connectivity index (χ1) is 14.7. The third kappa shape index (κ3) is 18.4. The third-order valence-electron chi connectivity index (χ3n) is 4.59. The number of unbranched alkanes of at least 4 members (excludes halogenated alkanes) is 1. The van der Waals surface area contributed by atoms with Crippen LogP contribution in [0.25, 0.3) is 0 Å². The number of allylic oxidation sites excluding steroid dienone is 2. The van der Waals surface area contributed by atoms with Gasteiger partial charge in [-0.1, -0.05) is 46.1 Å². The lowest BCUT2D eigenvalue weighted by Gasteiger charge is -2.14. The van der Waals surface area contributed by atoms with Crippen LogP contribution in [0.3, 0.4) is 0 Å². The Morgan fingerprint density at radius 2 is 1.45 bits per heavy atom. The summed E-state index contributed by atoms with van der Waals surface area (Å²) in [6.45, 7) is 24.7. The van der Waals surface area contributed by atoms with Crippen molar-refractivity contribution < 1.29 is 23.7 Å². The Morgan fingerprint density at radius 1 is 0.806 bits per heavy atom. The van der Waals surface area contributed by atoms with Gasteiger partial charge in [0.1, 0.15) is 19.0 Å². The van der Waals surface area contributed by atoms with Gasteiger partial charge in [0.15, 0.2) is 0 Å². The maximum absolute atomic E-state index is 11.2. The summed E-state index contributed by atoms with van der Waals surface area (Å²) < 4.78 is 21.4. The molecule has 178 valence electrons. The monoisotopic (exact) mass is 437 g/mol. The Labute approximate surface area is 189 Å². The molecule has 0 saturated heterocycles. The summed E-state index contributed by atoms with van der Waals surface area (Å²) in [5.41, 5.74) is 2.27. The topological polar surface area (TPSA) is 66.0 Å². The normalized spacial score (nSPS) is 11.5. The number of hydrogen-bond donors (Lipinski definition) is 1. The second kappa shape index (κ2) is 18.7. The van der Waals surface area contributed by atoms with Gasteiger partial charge in [0.25, 0.3) is 0 Å². The standard InChI is InChI=1S/C25H43NO5/c1-20(2)24(7)30-18-16-28-14-9-8-10-22(5)11-12-23(6)26-13-15-29-17-19-31-25(27)21(3)4/h22,26H,1,3,6-19H2,2,4-5H3. The van der Waals surface area contributed by atoms with E-state index < -0.39 is 0 Å². The van der Waals surface area contributed by atoms with Crippen molar-refractivity contribution in [1.82, 2.24) is 5.32 Å². The maximum atomic E-state index is 11.2. The van der Waals surface area contributed by atoms with Gasteiger partial charge in [0.2, 0.25) is 0 Å². The van der Waals surface area contributed by atoms with Crippen LogP contribution < -0.4 is 5.32 Å². The molecule has 0 radical (unpaired) electrons. The first kappa shape index (κ1) is 28.9. The van der Waals surface area contributed by atoms with E-state index >= 15 is 0 Å². The lowest BCUT2D eigenvalue weighted by Crippen LogP contribution is -2.20. The van der Waals surface area contributed by atoms with E-state index in [1.54, 1.807) is 6.92 Å². The van der Waals surface area contributed by atoms with Gasteiger partial charge in [0, 0.05) is 24.4 Å². The molecule has 1 atom stereocenters. The summed E-state index contributed by atoms with van der Waals surface area (Å²) in [6, 6.07) is 0. The Kier molecular flexibility index (Phi) is 17.5. The van der Waals surface area contributed by atoms with Crippen molar-refractivity contribution in [2.24, 2.45) is 5.92 Å². The molecule has 6 nitrogen and oxygen atoms in total. The Morgan fingerprint density at radius 3 is 2.10 bits per heavy atom. The van der Waals surface area contributed by atoms with Gasteiger partial charge in [-0.15, -0.1) is 0 Å². The molecule has 0 aromatic carbocycles. The summed E-state index contributed by atoms with van der Waals surface area (Å²) in [5.74, 6) is 0.898. The predicted molar refractivity (Wildman–Crippen MR) is 127 cm³/mol. The van der Waals surface area contributed by atoms with E-state index in [0.717, 1.165) is 43.6 Å². The number of ether oxygens (including phenoxy) is 4. The van der Waals surface area contributed by atoms with Crippen molar-refractivity contribution in [2.75, 3.05) is 46.2 Å². The van der Waals surface area contributed by atoms with Crippen molar-refractivity contribution in [1.29, 1.82) is 0 Å². The van der Waals surface area contributed by atoms with E-state index in [-0.39, 0.29) is 12.6 Å². The van der Waals surface area contributed by atoms with Crippen LogP contribution in [-0.2, 0) is 23.7 Å². The number of esters is 1. The maximum Gasteiger partial charge on any atom is 0.333 e. The largest absolute Gasteiger partial charge is 0.492 e. The van der Waals surface area contributed by atoms with Crippen LogP contribution in [0.4, 0.5) is 0 Å². The molecule has 0 aliphatic rings. The third-order valence-corrected chi connectivity index (χ3v) is 4.59. The average Bonchev–Trinajstić information content (AvgIpc) is 2.72. The molecular formula is C25H43NO5. The minimum Gasteiger partial charge on any atom is -0.492 e. The van der Waals surface area contributed by atoms with Crippen LogP contribution in [0.15, 0.2) is 48.9 Å². The predicted octanol–water partition coefficient (Wildman–Crippen LogP) is 4.94. The molecule has 0 heterocycles. The highest BCUT2D eigenvalue weighted by molar-refractivity contribution is 5.86.